The number of nitrogens with zero attached hydrogens (tertiary/aromatic N) is 1. The second-order valence-electron chi connectivity index (χ2n) is 4.76. The predicted molar refractivity (Wildman–Crippen MR) is 70.2 cm³/mol. The maximum atomic E-state index is 12.2. The molecule has 0 bridgehead atoms. The molecule has 1 aromatic rings. The van der Waals surface area contributed by atoms with Crippen LogP contribution in [0.5, 0.6) is 0 Å². The quantitative estimate of drug-likeness (QED) is 0.910. The molecule has 98 valence electrons. The van der Waals surface area contributed by atoms with E-state index < -0.39 is 11.4 Å². The Balaban J connectivity index is 2.05. The number of hydrogen-bond donors (Lipinski definition) is 1. The van der Waals surface area contributed by atoms with Gasteiger partial charge < -0.3 is 10.0 Å². The van der Waals surface area contributed by atoms with Gasteiger partial charge in [0.25, 0.3) is 5.91 Å². The summed E-state index contributed by atoms with van der Waals surface area (Å²) < 4.78 is 0. The van der Waals surface area contributed by atoms with Crippen LogP contribution in [0.1, 0.15) is 29.4 Å². The number of carboxylic acid groups (broad SMARTS) is 1. The minimum atomic E-state index is -0.788. The first-order valence-corrected chi connectivity index (χ1v) is 6.95. The van der Waals surface area contributed by atoms with E-state index in [4.69, 9.17) is 16.7 Å². The van der Waals surface area contributed by atoms with Crippen molar-refractivity contribution in [2.45, 2.75) is 19.8 Å². The number of likely N-dealkylation sites (tertiary alicyclic amines) is 1. The van der Waals surface area contributed by atoms with E-state index in [1.165, 1.54) is 11.3 Å². The largest absolute Gasteiger partial charge is 0.481 e. The molecule has 1 saturated heterocycles. The number of thiophene rings is 1. The summed E-state index contributed by atoms with van der Waals surface area (Å²) in [6.45, 7) is 2.67. The zero-order valence-corrected chi connectivity index (χ0v) is 11.6. The molecule has 4 nitrogen and oxygen atoms in total. The third-order valence-electron chi connectivity index (χ3n) is 3.48. The molecule has 1 aliphatic rings. The highest BCUT2D eigenvalue weighted by atomic mass is 35.5. The number of carboxylic acids is 1. The van der Waals surface area contributed by atoms with Crippen molar-refractivity contribution < 1.29 is 14.7 Å². The number of rotatable bonds is 2. The van der Waals surface area contributed by atoms with E-state index in [1.807, 2.05) is 0 Å². The van der Waals surface area contributed by atoms with Gasteiger partial charge in [0.2, 0.25) is 0 Å². The van der Waals surface area contributed by atoms with Gasteiger partial charge >= 0.3 is 5.97 Å². The fourth-order valence-corrected chi connectivity index (χ4v) is 3.11. The molecule has 1 amide bonds. The van der Waals surface area contributed by atoms with Gasteiger partial charge in [-0.05, 0) is 31.2 Å². The van der Waals surface area contributed by atoms with Gasteiger partial charge in [-0.25, -0.2) is 0 Å². The van der Waals surface area contributed by atoms with Crippen molar-refractivity contribution in [1.82, 2.24) is 4.90 Å². The maximum Gasteiger partial charge on any atom is 0.309 e. The molecule has 2 heterocycles. The van der Waals surface area contributed by atoms with Gasteiger partial charge in [0.15, 0.2) is 0 Å². The molecule has 1 aromatic heterocycles. The van der Waals surface area contributed by atoms with Gasteiger partial charge in [-0.3, -0.25) is 9.59 Å². The van der Waals surface area contributed by atoms with Crippen molar-refractivity contribution in [3.63, 3.8) is 0 Å². The topological polar surface area (TPSA) is 57.6 Å². The Morgan fingerprint density at radius 2 is 2.06 bits per heavy atom. The first-order chi connectivity index (χ1) is 8.44. The Morgan fingerprint density at radius 1 is 1.44 bits per heavy atom. The highest BCUT2D eigenvalue weighted by Gasteiger charge is 2.38. The van der Waals surface area contributed by atoms with Gasteiger partial charge in [-0.2, -0.15) is 0 Å². The molecule has 0 atom stereocenters. The smallest absolute Gasteiger partial charge is 0.309 e. The van der Waals surface area contributed by atoms with Crippen molar-refractivity contribution in [3.05, 3.63) is 21.3 Å². The lowest BCUT2D eigenvalue weighted by atomic mass is 9.80. The first kappa shape index (κ1) is 13.4. The van der Waals surface area contributed by atoms with E-state index in [0.29, 0.717) is 35.8 Å². The van der Waals surface area contributed by atoms with E-state index in [-0.39, 0.29) is 5.91 Å². The Bertz CT molecular complexity index is 477. The second kappa shape index (κ2) is 4.90. The monoisotopic (exact) mass is 287 g/mol. The van der Waals surface area contributed by atoms with Crippen LogP contribution >= 0.6 is 22.9 Å². The first-order valence-electron chi connectivity index (χ1n) is 5.70. The number of amides is 1. The van der Waals surface area contributed by atoms with Gasteiger partial charge in [0.1, 0.15) is 4.88 Å². The molecule has 1 fully saturated rings. The minimum absolute atomic E-state index is 0.0950. The standard InChI is InChI=1S/C12H14ClNO3S/c1-12(11(16)17)3-5-14(6-4-12)10(15)9-8(13)2-7-18-9/h2,7H,3-6H2,1H3,(H,16,17). The van der Waals surface area contributed by atoms with E-state index >= 15 is 0 Å². The van der Waals surface area contributed by atoms with E-state index in [1.54, 1.807) is 23.3 Å². The lowest BCUT2D eigenvalue weighted by Gasteiger charge is -2.36. The fraction of sp³-hybridized carbons (Fsp3) is 0.500. The highest BCUT2D eigenvalue weighted by molar-refractivity contribution is 7.12. The fourth-order valence-electron chi connectivity index (χ4n) is 2.01. The number of hydrogen-bond acceptors (Lipinski definition) is 3. The van der Waals surface area contributed by atoms with Crippen LogP contribution in [-0.2, 0) is 4.79 Å². The lowest BCUT2D eigenvalue weighted by molar-refractivity contribution is -0.150. The molecule has 0 unspecified atom stereocenters. The van der Waals surface area contributed by atoms with Gasteiger partial charge in [-0.1, -0.05) is 11.6 Å². The molecule has 1 aliphatic heterocycles. The summed E-state index contributed by atoms with van der Waals surface area (Å²) in [5, 5.41) is 11.4. The molecular weight excluding hydrogens is 274 g/mol. The van der Waals surface area contributed by atoms with Gasteiger partial charge in [0, 0.05) is 13.1 Å². The van der Waals surface area contributed by atoms with Crippen LogP contribution in [0.2, 0.25) is 5.02 Å². The molecule has 0 aromatic carbocycles. The summed E-state index contributed by atoms with van der Waals surface area (Å²) in [5.74, 6) is -0.883. The van der Waals surface area contributed by atoms with Crippen molar-refractivity contribution in [2.75, 3.05) is 13.1 Å². The van der Waals surface area contributed by atoms with Gasteiger partial charge in [0.05, 0.1) is 10.4 Å². The van der Waals surface area contributed by atoms with E-state index in [0.717, 1.165) is 0 Å². The molecule has 0 saturated carbocycles. The van der Waals surface area contributed by atoms with E-state index in [9.17, 15) is 9.59 Å². The summed E-state index contributed by atoms with van der Waals surface area (Å²) in [5.41, 5.74) is -0.712. The van der Waals surface area contributed by atoms with Crippen molar-refractivity contribution in [1.29, 1.82) is 0 Å². The molecule has 2 rings (SSSR count). The predicted octanol–water partition coefficient (Wildman–Crippen LogP) is 2.73. The van der Waals surface area contributed by atoms with Crippen LogP contribution < -0.4 is 0 Å². The molecule has 0 radical (unpaired) electrons. The Labute approximate surface area is 114 Å². The lowest BCUT2D eigenvalue weighted by Crippen LogP contribution is -2.45. The number of piperidine rings is 1. The summed E-state index contributed by atoms with van der Waals surface area (Å²) in [4.78, 5) is 25.5. The van der Waals surface area contributed by atoms with Crippen LogP contribution in [0, 0.1) is 5.41 Å². The van der Waals surface area contributed by atoms with Crippen molar-refractivity contribution in [3.8, 4) is 0 Å². The van der Waals surface area contributed by atoms with Gasteiger partial charge in [-0.15, -0.1) is 11.3 Å². The minimum Gasteiger partial charge on any atom is -0.481 e. The Morgan fingerprint density at radius 3 is 2.50 bits per heavy atom. The third-order valence-corrected chi connectivity index (χ3v) is 4.81. The molecular formula is C12H14ClNO3S. The third kappa shape index (κ3) is 2.37. The van der Waals surface area contributed by atoms with Crippen LogP contribution in [0.3, 0.4) is 0 Å². The number of aliphatic carboxylic acids is 1. The van der Waals surface area contributed by atoms with Crippen LogP contribution in [0.15, 0.2) is 11.4 Å². The summed E-state index contributed by atoms with van der Waals surface area (Å²) in [6.07, 6.45) is 0.966. The van der Waals surface area contributed by atoms with Crippen molar-refractivity contribution in [2.24, 2.45) is 5.41 Å². The normalized spacial score (nSPS) is 18.7. The molecule has 0 spiro atoms. The number of carbonyl (C=O) groups is 2. The van der Waals surface area contributed by atoms with E-state index in [2.05, 4.69) is 0 Å². The molecule has 1 N–H and O–H groups in total. The molecule has 18 heavy (non-hydrogen) atoms. The maximum absolute atomic E-state index is 12.2. The second-order valence-corrected chi connectivity index (χ2v) is 6.08. The Kier molecular flexibility index (Phi) is 3.64. The van der Waals surface area contributed by atoms with Crippen LogP contribution in [0.25, 0.3) is 0 Å². The highest BCUT2D eigenvalue weighted by Crippen LogP contribution is 2.33. The summed E-state index contributed by atoms with van der Waals surface area (Å²) in [7, 11) is 0. The zero-order chi connectivity index (χ0) is 13.3. The summed E-state index contributed by atoms with van der Waals surface area (Å²) in [6, 6.07) is 1.70. The number of halogens is 1. The Hall–Kier alpha value is -1.07. The number of carbonyl (C=O) groups excluding carboxylic acids is 1. The van der Waals surface area contributed by atoms with Crippen LogP contribution in [0.4, 0.5) is 0 Å². The summed E-state index contributed by atoms with van der Waals surface area (Å²) >= 11 is 7.25. The SMILES string of the molecule is CC1(C(=O)O)CCN(C(=O)c2sccc2Cl)CC1. The van der Waals surface area contributed by atoms with Crippen molar-refractivity contribution >= 4 is 34.8 Å². The molecule has 0 aliphatic carbocycles. The average molecular weight is 288 g/mol. The molecule has 6 heteroatoms. The van der Waals surface area contributed by atoms with Crippen LogP contribution in [-0.4, -0.2) is 35.0 Å². The zero-order valence-electron chi connectivity index (χ0n) is 9.98. The average Bonchev–Trinajstić information content (AvgIpc) is 2.75.